The van der Waals surface area contributed by atoms with Gasteiger partial charge in [0.25, 0.3) is 17.7 Å². The number of anilines is 1. The Hall–Kier alpha value is -3.72. The second-order valence-electron chi connectivity index (χ2n) is 7.09. The summed E-state index contributed by atoms with van der Waals surface area (Å²) in [5.41, 5.74) is 0.134. The van der Waals surface area contributed by atoms with Crippen molar-refractivity contribution in [2.24, 2.45) is 0 Å². The van der Waals surface area contributed by atoms with Crippen molar-refractivity contribution in [2.45, 2.75) is 18.9 Å². The van der Waals surface area contributed by atoms with Crippen LogP contribution >= 0.6 is 0 Å². The Bertz CT molecular complexity index is 1070. The molecule has 2 aliphatic rings. The molecule has 1 fully saturated rings. The normalized spacial score (nSPS) is 17.9. The lowest BCUT2D eigenvalue weighted by Gasteiger charge is -2.17. The third-order valence-electron chi connectivity index (χ3n) is 5.11. The molecule has 2 aromatic carbocycles. The van der Waals surface area contributed by atoms with Crippen LogP contribution in [0.15, 0.2) is 36.4 Å². The van der Waals surface area contributed by atoms with Crippen molar-refractivity contribution in [1.29, 1.82) is 0 Å². The average Bonchev–Trinajstić information content (AvgIpc) is 3.32. The molecule has 2 aromatic rings. The molecule has 0 spiro atoms. The van der Waals surface area contributed by atoms with E-state index in [0.29, 0.717) is 6.61 Å². The van der Waals surface area contributed by atoms with Crippen LogP contribution < -0.4 is 10.4 Å². The standard InChI is InChI=1S/C21H18N2O7/c24-17-6-4-12(9-16(17)21(28)29)22-18(25)11-3-5-14-15(8-11)20(27)23(19(14)26)10-13-2-1-7-30-13/h3-6,8-9,13,24H,1-2,7,10H2,(H,22,25)(H,28,29)/p-1/t13-/m1/s1. The Balaban J connectivity index is 1.54. The maximum atomic E-state index is 12.7. The summed E-state index contributed by atoms with van der Waals surface area (Å²) >= 11 is 0. The highest BCUT2D eigenvalue weighted by atomic mass is 16.5. The van der Waals surface area contributed by atoms with Crippen LogP contribution in [0, 0.1) is 0 Å². The van der Waals surface area contributed by atoms with Crippen LogP contribution in [0.2, 0.25) is 0 Å². The van der Waals surface area contributed by atoms with Crippen molar-refractivity contribution in [3.8, 4) is 5.75 Å². The van der Waals surface area contributed by atoms with Crippen LogP contribution in [0.3, 0.4) is 0 Å². The monoisotopic (exact) mass is 409 g/mol. The Labute approximate surface area is 170 Å². The molecule has 9 nitrogen and oxygen atoms in total. The first kappa shape index (κ1) is 19.6. The molecule has 4 rings (SSSR count). The summed E-state index contributed by atoms with van der Waals surface area (Å²) < 4.78 is 5.50. The maximum absolute atomic E-state index is 12.7. The van der Waals surface area contributed by atoms with Gasteiger partial charge in [0.15, 0.2) is 0 Å². The number of ether oxygens (including phenoxy) is 1. The Morgan fingerprint density at radius 3 is 2.60 bits per heavy atom. The van der Waals surface area contributed by atoms with E-state index in [-0.39, 0.29) is 35.0 Å². The van der Waals surface area contributed by atoms with Crippen molar-refractivity contribution >= 4 is 29.4 Å². The van der Waals surface area contributed by atoms with Gasteiger partial charge in [0.1, 0.15) is 0 Å². The molecule has 0 bridgehead atoms. The first-order valence-electron chi connectivity index (χ1n) is 9.32. The summed E-state index contributed by atoms with van der Waals surface area (Å²) in [6.07, 6.45) is 1.48. The fourth-order valence-electron chi connectivity index (χ4n) is 3.57. The van der Waals surface area contributed by atoms with E-state index in [9.17, 15) is 24.3 Å². The van der Waals surface area contributed by atoms with E-state index in [4.69, 9.17) is 9.84 Å². The van der Waals surface area contributed by atoms with Crippen LogP contribution in [-0.2, 0) is 4.74 Å². The van der Waals surface area contributed by atoms with Crippen molar-refractivity contribution in [3.05, 3.63) is 58.7 Å². The van der Waals surface area contributed by atoms with E-state index in [0.717, 1.165) is 29.9 Å². The zero-order chi connectivity index (χ0) is 21.4. The third-order valence-corrected chi connectivity index (χ3v) is 5.11. The largest absolute Gasteiger partial charge is 0.872 e. The van der Waals surface area contributed by atoms with Gasteiger partial charge in [0, 0.05) is 17.9 Å². The molecule has 0 radical (unpaired) electrons. The van der Waals surface area contributed by atoms with Gasteiger partial charge in [-0.15, -0.1) is 0 Å². The fourth-order valence-corrected chi connectivity index (χ4v) is 3.57. The minimum absolute atomic E-state index is 0.122. The minimum atomic E-state index is -1.40. The Morgan fingerprint density at radius 2 is 1.90 bits per heavy atom. The van der Waals surface area contributed by atoms with E-state index in [1.54, 1.807) is 0 Å². The van der Waals surface area contributed by atoms with Gasteiger partial charge in [-0.25, -0.2) is 4.79 Å². The highest BCUT2D eigenvalue weighted by Gasteiger charge is 2.37. The third kappa shape index (κ3) is 3.50. The summed E-state index contributed by atoms with van der Waals surface area (Å²) in [5, 5.41) is 23.1. The van der Waals surface area contributed by atoms with E-state index < -0.39 is 35.0 Å². The zero-order valence-corrected chi connectivity index (χ0v) is 15.7. The zero-order valence-electron chi connectivity index (χ0n) is 15.7. The number of nitrogens with zero attached hydrogens (tertiary/aromatic N) is 1. The number of hydrogen-bond donors (Lipinski definition) is 2. The predicted octanol–water partition coefficient (Wildman–Crippen LogP) is 1.49. The average molecular weight is 409 g/mol. The van der Waals surface area contributed by atoms with Crippen molar-refractivity contribution in [2.75, 3.05) is 18.5 Å². The van der Waals surface area contributed by atoms with Gasteiger partial charge in [-0.05, 0) is 43.2 Å². The highest BCUT2D eigenvalue weighted by molar-refractivity contribution is 6.22. The van der Waals surface area contributed by atoms with Gasteiger partial charge in [0.2, 0.25) is 0 Å². The van der Waals surface area contributed by atoms with E-state index >= 15 is 0 Å². The number of nitrogens with one attached hydrogen (secondary N) is 1. The van der Waals surface area contributed by atoms with E-state index in [1.807, 2.05) is 0 Å². The molecule has 30 heavy (non-hydrogen) atoms. The lowest BCUT2D eigenvalue weighted by atomic mass is 10.1. The van der Waals surface area contributed by atoms with Crippen LogP contribution in [0.1, 0.15) is 54.3 Å². The first-order chi connectivity index (χ1) is 14.3. The van der Waals surface area contributed by atoms with E-state index in [2.05, 4.69) is 5.32 Å². The SMILES string of the molecule is O=C(Nc1ccc([O-])c(C(=O)O)c1)c1ccc2c(c1)C(=O)N(C[C@H]1CCCO1)C2=O. The van der Waals surface area contributed by atoms with Gasteiger partial charge in [-0.3, -0.25) is 19.3 Å². The summed E-state index contributed by atoms with van der Waals surface area (Å²) in [7, 11) is 0. The molecule has 0 saturated carbocycles. The lowest BCUT2D eigenvalue weighted by molar-refractivity contribution is -0.268. The summed E-state index contributed by atoms with van der Waals surface area (Å²) in [6.45, 7) is 0.780. The predicted molar refractivity (Wildman–Crippen MR) is 102 cm³/mol. The second kappa shape index (κ2) is 7.60. The number of hydrogen-bond acceptors (Lipinski definition) is 6. The molecule has 2 heterocycles. The summed E-state index contributed by atoms with van der Waals surface area (Å²) in [5.74, 6) is -3.58. The maximum Gasteiger partial charge on any atom is 0.335 e. The molecule has 0 aromatic heterocycles. The van der Waals surface area contributed by atoms with Crippen LogP contribution in [0.25, 0.3) is 0 Å². The first-order valence-corrected chi connectivity index (χ1v) is 9.32. The number of rotatable bonds is 5. The highest BCUT2D eigenvalue weighted by Crippen LogP contribution is 2.27. The van der Waals surface area contributed by atoms with Gasteiger partial charge in [-0.1, -0.05) is 11.8 Å². The molecule has 0 aliphatic carbocycles. The Kier molecular flexibility index (Phi) is 4.96. The smallest absolute Gasteiger partial charge is 0.335 e. The number of carbonyl (C=O) groups excluding carboxylic acids is 3. The minimum Gasteiger partial charge on any atom is -0.872 e. The van der Waals surface area contributed by atoms with Crippen LogP contribution in [-0.4, -0.2) is 53.0 Å². The molecule has 1 saturated heterocycles. The molecule has 1 atom stereocenters. The summed E-state index contributed by atoms with van der Waals surface area (Å²) in [6, 6.07) is 7.57. The van der Waals surface area contributed by atoms with Crippen molar-refractivity contribution < 1.29 is 34.1 Å². The number of imide groups is 1. The number of fused-ring (bicyclic) bond motifs is 1. The number of carboxylic acids is 1. The van der Waals surface area contributed by atoms with Crippen molar-refractivity contribution in [3.63, 3.8) is 0 Å². The molecule has 2 aliphatic heterocycles. The quantitative estimate of drug-likeness (QED) is 0.714. The number of benzene rings is 2. The van der Waals surface area contributed by atoms with Crippen LogP contribution in [0.5, 0.6) is 5.75 Å². The number of carbonyl (C=O) groups is 4. The molecular formula is C21H17N2O7-. The van der Waals surface area contributed by atoms with E-state index in [1.165, 1.54) is 24.3 Å². The fraction of sp³-hybridized carbons (Fsp3) is 0.238. The molecule has 3 amide bonds. The molecule has 0 unspecified atom stereocenters. The van der Waals surface area contributed by atoms with Gasteiger partial charge in [-0.2, -0.15) is 0 Å². The Morgan fingerprint density at radius 1 is 1.13 bits per heavy atom. The lowest BCUT2D eigenvalue weighted by Crippen LogP contribution is -2.36. The number of aromatic carboxylic acids is 1. The second-order valence-corrected chi connectivity index (χ2v) is 7.09. The molecule has 154 valence electrons. The van der Waals surface area contributed by atoms with Crippen molar-refractivity contribution in [1.82, 2.24) is 4.90 Å². The topological polar surface area (TPSA) is 136 Å². The molecule has 9 heteroatoms. The van der Waals surface area contributed by atoms with Gasteiger partial charge < -0.3 is 20.3 Å². The summed E-state index contributed by atoms with van der Waals surface area (Å²) in [4.78, 5) is 50.0. The molecular weight excluding hydrogens is 392 g/mol. The van der Waals surface area contributed by atoms with Gasteiger partial charge in [0.05, 0.1) is 29.3 Å². The van der Waals surface area contributed by atoms with Gasteiger partial charge >= 0.3 is 5.97 Å². The number of amides is 3. The molecule has 2 N–H and O–H groups in total. The number of carboxylic acid groups (broad SMARTS) is 1. The van der Waals surface area contributed by atoms with Crippen LogP contribution in [0.4, 0.5) is 5.69 Å².